The number of likely N-dealkylation sites (tertiary alicyclic amines) is 1. The number of halogens is 1. The molecule has 154 valence electrons. The first kappa shape index (κ1) is 20.6. The fraction of sp³-hybridized carbons (Fsp3) is 0.261. The molecule has 0 saturated carbocycles. The average molecular weight is 440 g/mol. The fourth-order valence-corrected chi connectivity index (χ4v) is 4.69. The largest absolute Gasteiger partial charge is 0.354 e. The number of hydrogen-bond donors (Lipinski definition) is 1. The van der Waals surface area contributed by atoms with Crippen LogP contribution in [0.1, 0.15) is 28.9 Å². The lowest BCUT2D eigenvalue weighted by Crippen LogP contribution is -2.46. The number of carbonyl (C=O) groups is 2. The van der Waals surface area contributed by atoms with E-state index >= 15 is 0 Å². The van der Waals surface area contributed by atoms with Gasteiger partial charge in [0.05, 0.1) is 5.69 Å². The number of amides is 2. The van der Waals surface area contributed by atoms with E-state index in [0.29, 0.717) is 36.5 Å². The Morgan fingerprint density at radius 2 is 2.00 bits per heavy atom. The van der Waals surface area contributed by atoms with Gasteiger partial charge in [0.15, 0.2) is 0 Å². The lowest BCUT2D eigenvalue weighted by Gasteiger charge is -2.24. The van der Waals surface area contributed by atoms with Crippen LogP contribution in [0.2, 0.25) is 5.02 Å². The first-order valence-electron chi connectivity index (χ1n) is 9.96. The molecule has 1 saturated heterocycles. The van der Waals surface area contributed by atoms with Crippen LogP contribution in [-0.2, 0) is 11.2 Å². The molecule has 2 amide bonds. The van der Waals surface area contributed by atoms with Crippen molar-refractivity contribution in [2.24, 2.45) is 0 Å². The molecule has 1 aliphatic rings. The van der Waals surface area contributed by atoms with Gasteiger partial charge in [-0.2, -0.15) is 0 Å². The van der Waals surface area contributed by atoms with Crippen molar-refractivity contribution < 1.29 is 9.59 Å². The Kier molecular flexibility index (Phi) is 6.45. The Bertz CT molecular complexity index is 1040. The molecule has 30 heavy (non-hydrogen) atoms. The van der Waals surface area contributed by atoms with E-state index in [4.69, 9.17) is 11.6 Å². The summed E-state index contributed by atoms with van der Waals surface area (Å²) >= 11 is 7.61. The van der Waals surface area contributed by atoms with E-state index in [1.165, 1.54) is 0 Å². The molecule has 1 N–H and O–H groups in total. The quantitative estimate of drug-likeness (QED) is 0.618. The van der Waals surface area contributed by atoms with E-state index in [0.717, 1.165) is 22.7 Å². The molecule has 5 nitrogen and oxygen atoms in total. The van der Waals surface area contributed by atoms with Gasteiger partial charge in [0.2, 0.25) is 5.91 Å². The second kappa shape index (κ2) is 9.41. The molecule has 1 fully saturated rings. The van der Waals surface area contributed by atoms with Gasteiger partial charge in [-0.05, 0) is 31.0 Å². The van der Waals surface area contributed by atoms with Gasteiger partial charge < -0.3 is 10.2 Å². The van der Waals surface area contributed by atoms with Gasteiger partial charge in [-0.3, -0.25) is 9.59 Å². The zero-order valence-corrected chi connectivity index (χ0v) is 18.0. The molecule has 0 bridgehead atoms. The van der Waals surface area contributed by atoms with Gasteiger partial charge >= 0.3 is 0 Å². The summed E-state index contributed by atoms with van der Waals surface area (Å²) in [5.74, 6) is -0.261. The molecule has 0 aliphatic carbocycles. The Morgan fingerprint density at radius 3 is 2.80 bits per heavy atom. The monoisotopic (exact) mass is 439 g/mol. The highest BCUT2D eigenvalue weighted by Gasteiger charge is 2.34. The van der Waals surface area contributed by atoms with Crippen LogP contribution in [0.15, 0.2) is 60.0 Å². The van der Waals surface area contributed by atoms with Crippen molar-refractivity contribution >= 4 is 34.8 Å². The Labute approximate surface area is 184 Å². The van der Waals surface area contributed by atoms with E-state index in [1.807, 2.05) is 35.7 Å². The second-order valence-corrected chi connectivity index (χ2v) is 8.51. The number of carbonyl (C=O) groups excluding carboxylic acids is 2. The summed E-state index contributed by atoms with van der Waals surface area (Å²) in [5, 5.41) is 6.49. The first-order valence-corrected chi connectivity index (χ1v) is 11.2. The summed E-state index contributed by atoms with van der Waals surface area (Å²) in [5.41, 5.74) is 2.56. The van der Waals surface area contributed by atoms with Gasteiger partial charge in [-0.15, -0.1) is 11.3 Å². The van der Waals surface area contributed by atoms with Crippen LogP contribution >= 0.6 is 22.9 Å². The predicted molar refractivity (Wildman–Crippen MR) is 120 cm³/mol. The van der Waals surface area contributed by atoms with Crippen LogP contribution in [0, 0.1) is 0 Å². The highest BCUT2D eigenvalue weighted by Crippen LogP contribution is 2.24. The van der Waals surface area contributed by atoms with Crippen LogP contribution < -0.4 is 5.32 Å². The van der Waals surface area contributed by atoms with Gasteiger partial charge in [0, 0.05) is 41.0 Å². The third-order valence-corrected chi connectivity index (χ3v) is 6.32. The molecule has 1 unspecified atom stereocenters. The number of aromatic nitrogens is 1. The minimum absolute atomic E-state index is 0.110. The number of nitrogens with zero attached hydrogens (tertiary/aromatic N) is 2. The molecule has 0 radical (unpaired) electrons. The SMILES string of the molecule is O=C(NCCc1csc(-c2ccccc2)n1)C1CCCN1C(=O)c1cccc(Cl)c1. The number of thiazole rings is 1. The first-order chi connectivity index (χ1) is 14.6. The normalized spacial score (nSPS) is 15.9. The predicted octanol–water partition coefficient (Wildman–Crippen LogP) is 4.43. The Balaban J connectivity index is 1.32. The summed E-state index contributed by atoms with van der Waals surface area (Å²) in [7, 11) is 0. The highest BCUT2D eigenvalue weighted by molar-refractivity contribution is 7.13. The molecule has 7 heteroatoms. The smallest absolute Gasteiger partial charge is 0.254 e. The Hall–Kier alpha value is -2.70. The summed E-state index contributed by atoms with van der Waals surface area (Å²) in [6.07, 6.45) is 2.15. The van der Waals surface area contributed by atoms with E-state index in [1.54, 1.807) is 40.5 Å². The zero-order valence-electron chi connectivity index (χ0n) is 16.4. The van der Waals surface area contributed by atoms with Gasteiger partial charge in [0.1, 0.15) is 11.0 Å². The maximum absolute atomic E-state index is 12.8. The zero-order chi connectivity index (χ0) is 20.9. The summed E-state index contributed by atoms with van der Waals surface area (Å²) in [4.78, 5) is 31.9. The lowest BCUT2D eigenvalue weighted by atomic mass is 10.1. The van der Waals surface area contributed by atoms with E-state index in [9.17, 15) is 9.59 Å². The maximum Gasteiger partial charge on any atom is 0.254 e. The van der Waals surface area contributed by atoms with Crippen LogP contribution in [0.25, 0.3) is 10.6 Å². The van der Waals surface area contributed by atoms with Gasteiger partial charge in [0.25, 0.3) is 5.91 Å². The average Bonchev–Trinajstić information content (AvgIpc) is 3.44. The summed E-state index contributed by atoms with van der Waals surface area (Å²) in [6.45, 7) is 1.07. The van der Waals surface area contributed by atoms with Crippen molar-refractivity contribution in [3.8, 4) is 10.6 Å². The van der Waals surface area contributed by atoms with E-state index in [-0.39, 0.29) is 11.8 Å². The van der Waals surface area contributed by atoms with Crippen molar-refractivity contribution in [2.75, 3.05) is 13.1 Å². The van der Waals surface area contributed by atoms with Crippen molar-refractivity contribution in [1.82, 2.24) is 15.2 Å². The molecule has 3 aromatic rings. The molecular formula is C23H22ClN3O2S. The van der Waals surface area contributed by atoms with Crippen molar-refractivity contribution in [1.29, 1.82) is 0 Å². The third kappa shape index (κ3) is 4.71. The standard InChI is InChI=1S/C23H22ClN3O2S/c24-18-9-4-8-17(14-18)23(29)27-13-5-10-20(27)21(28)25-12-11-19-15-30-22(26-19)16-6-2-1-3-7-16/h1-4,6-9,14-15,20H,5,10-13H2,(H,25,28). The molecule has 1 aromatic heterocycles. The van der Waals surface area contributed by atoms with Gasteiger partial charge in [-0.25, -0.2) is 4.98 Å². The molecule has 2 aromatic carbocycles. The Morgan fingerprint density at radius 1 is 1.17 bits per heavy atom. The van der Waals surface area contributed by atoms with Crippen LogP contribution in [0.5, 0.6) is 0 Å². The molecule has 1 aliphatic heterocycles. The van der Waals surface area contributed by atoms with Crippen molar-refractivity contribution in [2.45, 2.75) is 25.3 Å². The van der Waals surface area contributed by atoms with E-state index < -0.39 is 6.04 Å². The number of nitrogens with one attached hydrogen (secondary N) is 1. The van der Waals surface area contributed by atoms with E-state index in [2.05, 4.69) is 10.3 Å². The third-order valence-electron chi connectivity index (χ3n) is 5.14. The topological polar surface area (TPSA) is 62.3 Å². The number of rotatable bonds is 6. The van der Waals surface area contributed by atoms with Crippen LogP contribution in [-0.4, -0.2) is 40.8 Å². The van der Waals surface area contributed by atoms with Crippen molar-refractivity contribution in [3.05, 3.63) is 76.3 Å². The lowest BCUT2D eigenvalue weighted by molar-refractivity contribution is -0.124. The van der Waals surface area contributed by atoms with Crippen molar-refractivity contribution in [3.63, 3.8) is 0 Å². The minimum atomic E-state index is -0.438. The fourth-order valence-electron chi connectivity index (χ4n) is 3.64. The molecule has 0 spiro atoms. The molecule has 4 rings (SSSR count). The summed E-state index contributed by atoms with van der Waals surface area (Å²) in [6, 6.07) is 16.5. The number of hydrogen-bond acceptors (Lipinski definition) is 4. The second-order valence-electron chi connectivity index (χ2n) is 7.22. The van der Waals surface area contributed by atoms with Crippen LogP contribution in [0.4, 0.5) is 0 Å². The maximum atomic E-state index is 12.8. The number of benzene rings is 2. The minimum Gasteiger partial charge on any atom is -0.354 e. The highest BCUT2D eigenvalue weighted by atomic mass is 35.5. The molecule has 2 heterocycles. The molecular weight excluding hydrogens is 418 g/mol. The molecule has 1 atom stereocenters. The summed E-state index contributed by atoms with van der Waals surface area (Å²) < 4.78 is 0. The van der Waals surface area contributed by atoms with Gasteiger partial charge in [-0.1, -0.05) is 48.0 Å². The van der Waals surface area contributed by atoms with Crippen LogP contribution in [0.3, 0.4) is 0 Å².